The Morgan fingerprint density at radius 1 is 1.57 bits per heavy atom. The Hall–Kier alpha value is -3.03. The number of aromatic nitrogens is 1. The van der Waals surface area contributed by atoms with E-state index in [0.29, 0.717) is 12.0 Å². The minimum atomic E-state index is -2.27. The average Bonchev–Trinajstić information content (AvgIpc) is 2.55. The molecule has 0 aliphatic heterocycles. The Morgan fingerprint density at radius 2 is 2.30 bits per heavy atom. The van der Waals surface area contributed by atoms with Crippen LogP contribution in [0.15, 0.2) is 47.9 Å². The first-order valence-electron chi connectivity index (χ1n) is 6.81. The molecular formula is C15H15N3O5. The molecule has 2 rings (SSSR count). The lowest BCUT2D eigenvalue weighted by atomic mass is 9.89. The predicted molar refractivity (Wildman–Crippen MR) is 79.6 cm³/mol. The van der Waals surface area contributed by atoms with Gasteiger partial charge in [-0.3, -0.25) is 19.9 Å². The SMILES string of the molecule is CC1=C(NC=O)C(OC(=O)c2cccnc2)([N+](=O)[O-])C=CC1C. The van der Waals surface area contributed by atoms with E-state index < -0.39 is 16.6 Å². The first kappa shape index (κ1) is 16.3. The number of hydrogen-bond donors (Lipinski definition) is 1. The number of rotatable bonds is 5. The molecule has 2 unspecified atom stereocenters. The molecule has 0 fully saturated rings. The fourth-order valence-corrected chi connectivity index (χ4v) is 2.25. The van der Waals surface area contributed by atoms with E-state index >= 15 is 0 Å². The highest BCUT2D eigenvalue weighted by Crippen LogP contribution is 2.34. The maximum atomic E-state index is 12.2. The summed E-state index contributed by atoms with van der Waals surface area (Å²) in [5.41, 5.74) is -1.73. The number of allylic oxidation sites excluding steroid dienone is 2. The lowest BCUT2D eigenvalue weighted by Gasteiger charge is -2.29. The zero-order valence-electron chi connectivity index (χ0n) is 12.6. The van der Waals surface area contributed by atoms with Gasteiger partial charge in [0, 0.05) is 18.5 Å². The molecule has 1 aromatic heterocycles. The van der Waals surface area contributed by atoms with Crippen molar-refractivity contribution < 1.29 is 19.2 Å². The Labute approximate surface area is 132 Å². The van der Waals surface area contributed by atoms with Crippen molar-refractivity contribution in [2.75, 3.05) is 0 Å². The average molecular weight is 317 g/mol. The molecule has 8 heteroatoms. The molecule has 1 N–H and O–H groups in total. The number of nitrogens with zero attached hydrogens (tertiary/aromatic N) is 2. The lowest BCUT2D eigenvalue weighted by Crippen LogP contribution is -2.49. The molecule has 1 heterocycles. The summed E-state index contributed by atoms with van der Waals surface area (Å²) in [5.74, 6) is -1.05. The largest absolute Gasteiger partial charge is 0.427 e. The molecular weight excluding hydrogens is 302 g/mol. The molecule has 2 atom stereocenters. The Bertz CT molecular complexity index is 698. The van der Waals surface area contributed by atoms with Crippen molar-refractivity contribution in [2.24, 2.45) is 5.92 Å². The number of carbonyl (C=O) groups excluding carboxylic acids is 2. The molecule has 8 nitrogen and oxygen atoms in total. The van der Waals surface area contributed by atoms with Gasteiger partial charge in [-0.25, -0.2) is 4.79 Å². The van der Waals surface area contributed by atoms with Crippen molar-refractivity contribution in [2.45, 2.75) is 19.6 Å². The normalized spacial score (nSPS) is 23.3. The first-order chi connectivity index (χ1) is 10.9. The number of hydrogen-bond acceptors (Lipinski definition) is 6. The smallest absolute Gasteiger partial charge is 0.384 e. The van der Waals surface area contributed by atoms with Gasteiger partial charge in [0.15, 0.2) is 0 Å². The van der Waals surface area contributed by atoms with Gasteiger partial charge < -0.3 is 10.1 Å². The summed E-state index contributed by atoms with van der Waals surface area (Å²) >= 11 is 0. The van der Waals surface area contributed by atoms with Crippen molar-refractivity contribution in [3.05, 3.63) is 63.6 Å². The van der Waals surface area contributed by atoms with Crippen molar-refractivity contribution >= 4 is 12.4 Å². The van der Waals surface area contributed by atoms with Gasteiger partial charge in [0.25, 0.3) is 0 Å². The minimum absolute atomic E-state index is 0.0651. The van der Waals surface area contributed by atoms with Gasteiger partial charge in [0.1, 0.15) is 5.70 Å². The molecule has 0 saturated heterocycles. The van der Waals surface area contributed by atoms with Crippen LogP contribution in [-0.4, -0.2) is 28.0 Å². The second kappa shape index (κ2) is 6.39. The molecule has 1 amide bonds. The van der Waals surface area contributed by atoms with Crippen LogP contribution >= 0.6 is 0 Å². The molecule has 0 aromatic carbocycles. The highest BCUT2D eigenvalue weighted by molar-refractivity contribution is 5.89. The van der Waals surface area contributed by atoms with Crippen LogP contribution in [0.25, 0.3) is 0 Å². The van der Waals surface area contributed by atoms with Crippen molar-refractivity contribution in [1.29, 1.82) is 0 Å². The lowest BCUT2D eigenvalue weighted by molar-refractivity contribution is -0.592. The van der Waals surface area contributed by atoms with E-state index in [9.17, 15) is 19.7 Å². The molecule has 120 valence electrons. The second-order valence-electron chi connectivity index (χ2n) is 5.05. The maximum absolute atomic E-state index is 12.2. The highest BCUT2D eigenvalue weighted by atomic mass is 16.7. The summed E-state index contributed by atoms with van der Waals surface area (Å²) in [6.45, 7) is 3.45. The number of esters is 1. The zero-order chi connectivity index (χ0) is 17.0. The Morgan fingerprint density at radius 3 is 2.87 bits per heavy atom. The summed E-state index contributed by atoms with van der Waals surface area (Å²) in [4.78, 5) is 37.7. The van der Waals surface area contributed by atoms with Gasteiger partial charge >= 0.3 is 11.7 Å². The number of nitrogens with one attached hydrogen (secondary N) is 1. The summed E-state index contributed by atoms with van der Waals surface area (Å²) in [5, 5.41) is 14.0. The molecule has 23 heavy (non-hydrogen) atoms. The summed E-state index contributed by atoms with van der Waals surface area (Å²) in [6.07, 6.45) is 5.76. The molecule has 1 aliphatic carbocycles. The van der Waals surface area contributed by atoms with E-state index in [4.69, 9.17) is 4.74 Å². The van der Waals surface area contributed by atoms with Crippen LogP contribution in [0.3, 0.4) is 0 Å². The van der Waals surface area contributed by atoms with Crippen LogP contribution in [0, 0.1) is 16.0 Å². The standard InChI is InChI=1S/C15H15N3O5/c1-10-5-6-15(18(21)22,13(11(10)2)17-9-19)23-14(20)12-4-3-7-16-8-12/h3-10H,1-2H3,(H,17,19). The second-order valence-corrected chi connectivity index (χ2v) is 5.05. The van der Waals surface area contributed by atoms with Gasteiger partial charge in [-0.1, -0.05) is 13.0 Å². The third-order valence-electron chi connectivity index (χ3n) is 3.67. The van der Waals surface area contributed by atoms with Crippen LogP contribution in [-0.2, 0) is 9.53 Å². The van der Waals surface area contributed by atoms with Crippen LogP contribution < -0.4 is 5.32 Å². The third-order valence-corrected chi connectivity index (χ3v) is 3.67. The van der Waals surface area contributed by atoms with E-state index in [1.54, 1.807) is 13.0 Å². The van der Waals surface area contributed by atoms with Gasteiger partial charge in [-0.05, 0) is 30.5 Å². The molecule has 0 spiro atoms. The summed E-state index contributed by atoms with van der Waals surface area (Å²) < 4.78 is 5.17. The molecule has 1 aromatic rings. The van der Waals surface area contributed by atoms with Gasteiger partial charge in [0.2, 0.25) is 6.41 Å². The Kier molecular flexibility index (Phi) is 4.54. The zero-order valence-corrected chi connectivity index (χ0v) is 12.6. The van der Waals surface area contributed by atoms with Crippen molar-refractivity contribution in [3.8, 4) is 0 Å². The maximum Gasteiger partial charge on any atom is 0.427 e. The fourth-order valence-electron chi connectivity index (χ4n) is 2.25. The molecule has 0 saturated carbocycles. The first-order valence-corrected chi connectivity index (χ1v) is 6.81. The van der Waals surface area contributed by atoms with E-state index in [-0.39, 0.29) is 17.2 Å². The van der Waals surface area contributed by atoms with Crippen LogP contribution in [0.5, 0.6) is 0 Å². The van der Waals surface area contributed by atoms with Crippen molar-refractivity contribution in [1.82, 2.24) is 10.3 Å². The third kappa shape index (κ3) is 2.96. The number of ether oxygens (including phenoxy) is 1. The minimum Gasteiger partial charge on any atom is -0.384 e. The molecule has 0 radical (unpaired) electrons. The number of pyridine rings is 1. The predicted octanol–water partition coefficient (Wildman–Crippen LogP) is 1.44. The fraction of sp³-hybridized carbons (Fsp3) is 0.267. The topological polar surface area (TPSA) is 111 Å². The van der Waals surface area contributed by atoms with Gasteiger partial charge in [-0.2, -0.15) is 0 Å². The summed E-state index contributed by atoms with van der Waals surface area (Å²) in [7, 11) is 0. The van der Waals surface area contributed by atoms with E-state index in [1.807, 2.05) is 6.92 Å². The highest BCUT2D eigenvalue weighted by Gasteiger charge is 2.52. The van der Waals surface area contributed by atoms with Crippen LogP contribution in [0.4, 0.5) is 0 Å². The van der Waals surface area contributed by atoms with Crippen molar-refractivity contribution in [3.63, 3.8) is 0 Å². The Balaban J connectivity index is 2.47. The molecule has 1 aliphatic rings. The van der Waals surface area contributed by atoms with E-state index in [2.05, 4.69) is 10.3 Å². The quantitative estimate of drug-likeness (QED) is 0.220. The van der Waals surface area contributed by atoms with Crippen LogP contribution in [0.2, 0.25) is 0 Å². The van der Waals surface area contributed by atoms with Crippen LogP contribution in [0.1, 0.15) is 24.2 Å². The van der Waals surface area contributed by atoms with Gasteiger partial charge in [0.05, 0.1) is 10.5 Å². The number of carbonyl (C=O) groups is 2. The van der Waals surface area contributed by atoms with E-state index in [1.165, 1.54) is 30.6 Å². The number of amides is 1. The molecule has 0 bridgehead atoms. The van der Waals surface area contributed by atoms with Gasteiger partial charge in [-0.15, -0.1) is 0 Å². The number of nitro groups is 1. The monoisotopic (exact) mass is 317 g/mol. The van der Waals surface area contributed by atoms with E-state index in [0.717, 1.165) is 0 Å². The summed E-state index contributed by atoms with van der Waals surface area (Å²) in [6, 6.07) is 2.95.